The maximum absolute atomic E-state index is 10.3. The third-order valence-electron chi connectivity index (χ3n) is 5.08. The number of carbonyl (C=O) groups excluding carboxylic acids is 1. The first-order valence-electron chi connectivity index (χ1n) is 12.7. The van der Waals surface area contributed by atoms with Crippen molar-refractivity contribution in [1.29, 1.82) is 0 Å². The van der Waals surface area contributed by atoms with Crippen LogP contribution >= 0.6 is 12.4 Å². The van der Waals surface area contributed by atoms with Crippen LogP contribution in [0, 0.1) is 17.3 Å². The molecular weight excluding hydrogens is 476 g/mol. The van der Waals surface area contributed by atoms with Crippen LogP contribution in [0.1, 0.15) is 80.1 Å². The molecule has 9 nitrogen and oxygen atoms in total. The van der Waals surface area contributed by atoms with Gasteiger partial charge in [0.05, 0.1) is 13.2 Å². The summed E-state index contributed by atoms with van der Waals surface area (Å²) in [5, 5.41) is 17.1. The van der Waals surface area contributed by atoms with Crippen molar-refractivity contribution in [2.75, 3.05) is 52.7 Å². The number of rotatable bonds is 9. The molecule has 0 amide bonds. The number of carbonyl (C=O) groups is 1. The fourth-order valence-corrected chi connectivity index (χ4v) is 2.63. The molecule has 0 unspecified atom stereocenters. The first kappa shape index (κ1) is 38.8. The van der Waals surface area contributed by atoms with Crippen LogP contribution < -0.4 is 11.5 Å². The normalized spacial score (nSPS) is 18.2. The van der Waals surface area contributed by atoms with Crippen LogP contribution in [0.25, 0.3) is 0 Å². The molecule has 2 aliphatic rings. The highest BCUT2D eigenvalue weighted by Gasteiger charge is 2.28. The number of nitrogens with two attached hydrogens (primary N) is 2. The number of hydrogen-bond donors (Lipinski definition) is 4. The second kappa shape index (κ2) is 23.7. The zero-order valence-corrected chi connectivity index (χ0v) is 23.9. The zero-order valence-electron chi connectivity index (χ0n) is 23.1. The lowest BCUT2D eigenvalue weighted by Gasteiger charge is -2.34. The first-order valence-corrected chi connectivity index (χ1v) is 12.7. The summed E-state index contributed by atoms with van der Waals surface area (Å²) in [7, 11) is 0. The van der Waals surface area contributed by atoms with Crippen molar-refractivity contribution < 1.29 is 34.0 Å². The molecular formula is C25H55ClN2O7. The van der Waals surface area contributed by atoms with Gasteiger partial charge in [-0.1, -0.05) is 40.5 Å². The molecule has 0 aromatic heterocycles. The molecule has 2 saturated heterocycles. The Morgan fingerprint density at radius 1 is 0.914 bits per heavy atom. The molecule has 214 valence electrons. The minimum atomic E-state index is -0.547. The zero-order chi connectivity index (χ0) is 26.5. The van der Waals surface area contributed by atoms with E-state index in [1.54, 1.807) is 0 Å². The van der Waals surface area contributed by atoms with Gasteiger partial charge in [0.1, 0.15) is 13.2 Å². The van der Waals surface area contributed by atoms with E-state index < -0.39 is 6.16 Å². The Hall–Kier alpha value is -0.680. The Bertz CT molecular complexity index is 455. The Morgan fingerprint density at radius 3 is 1.74 bits per heavy atom. The molecule has 2 aliphatic heterocycles. The van der Waals surface area contributed by atoms with Crippen molar-refractivity contribution in [2.24, 2.45) is 28.7 Å². The average molecular weight is 531 g/mol. The first-order chi connectivity index (χ1) is 16.0. The molecule has 0 radical (unpaired) electrons. The second-order valence-corrected chi connectivity index (χ2v) is 9.97. The molecule has 0 spiro atoms. The second-order valence-electron chi connectivity index (χ2n) is 9.97. The summed E-state index contributed by atoms with van der Waals surface area (Å²) < 4.78 is 20.4. The molecule has 2 rings (SSSR count). The molecule has 2 fully saturated rings. The maximum atomic E-state index is 10.3. The van der Waals surface area contributed by atoms with Crippen LogP contribution in [-0.2, 0) is 18.9 Å². The van der Waals surface area contributed by atoms with E-state index >= 15 is 0 Å². The van der Waals surface area contributed by atoms with Gasteiger partial charge in [-0.3, -0.25) is 0 Å². The smallest absolute Gasteiger partial charge is 0.434 e. The molecule has 0 aliphatic carbocycles. The summed E-state index contributed by atoms with van der Waals surface area (Å²) in [5.74, 6) is 0.314. The van der Waals surface area contributed by atoms with Gasteiger partial charge in [0.15, 0.2) is 5.79 Å². The van der Waals surface area contributed by atoms with Crippen molar-refractivity contribution in [1.82, 2.24) is 0 Å². The van der Waals surface area contributed by atoms with Gasteiger partial charge in [-0.25, -0.2) is 4.79 Å². The third kappa shape index (κ3) is 24.8. The molecule has 0 saturated carbocycles. The number of aliphatic hydroxyl groups is 2. The van der Waals surface area contributed by atoms with Crippen molar-refractivity contribution in [3.05, 3.63) is 0 Å². The highest BCUT2D eigenvalue weighted by molar-refractivity contribution is 5.85. The fraction of sp³-hybridized carbons (Fsp3) is 0.960. The molecule has 0 aromatic carbocycles. The van der Waals surface area contributed by atoms with Crippen LogP contribution in [0.4, 0.5) is 4.79 Å². The maximum Gasteiger partial charge on any atom is 0.508 e. The highest BCUT2D eigenvalue weighted by Crippen LogP contribution is 2.23. The van der Waals surface area contributed by atoms with E-state index in [1.807, 2.05) is 27.7 Å². The van der Waals surface area contributed by atoms with E-state index in [2.05, 4.69) is 23.3 Å². The topological polar surface area (TPSA) is 146 Å². The minimum absolute atomic E-state index is 0. The SMILES string of the molecule is CC1(C)COC(=O)OC1.CCCCC1COC(C)(C)OC1.CCCN.Cl.NCCCC(CO)CO. The largest absolute Gasteiger partial charge is 0.508 e. The van der Waals surface area contributed by atoms with Crippen molar-refractivity contribution in [3.63, 3.8) is 0 Å². The quantitative estimate of drug-likeness (QED) is 0.326. The molecule has 0 bridgehead atoms. The predicted molar refractivity (Wildman–Crippen MR) is 143 cm³/mol. The summed E-state index contributed by atoms with van der Waals surface area (Å²) in [5.41, 5.74) is 10.2. The molecule has 0 atom stereocenters. The van der Waals surface area contributed by atoms with Crippen LogP contribution in [0.2, 0.25) is 0 Å². The average Bonchev–Trinajstić information content (AvgIpc) is 2.82. The Labute approximate surface area is 220 Å². The lowest BCUT2D eigenvalue weighted by Crippen LogP contribution is -2.39. The number of hydrogen-bond acceptors (Lipinski definition) is 9. The van der Waals surface area contributed by atoms with E-state index in [9.17, 15) is 4.79 Å². The summed E-state index contributed by atoms with van der Waals surface area (Å²) in [4.78, 5) is 10.3. The molecule has 35 heavy (non-hydrogen) atoms. The van der Waals surface area contributed by atoms with Crippen LogP contribution in [0.5, 0.6) is 0 Å². The van der Waals surface area contributed by atoms with Crippen LogP contribution in [0.15, 0.2) is 0 Å². The summed E-state index contributed by atoms with van der Waals surface area (Å²) in [6, 6.07) is 0. The lowest BCUT2D eigenvalue weighted by atomic mass is 9.96. The number of aliphatic hydroxyl groups excluding tert-OH is 2. The van der Waals surface area contributed by atoms with Gasteiger partial charge in [-0.05, 0) is 52.6 Å². The Kier molecular flexibility index (Phi) is 26.3. The molecule has 2 heterocycles. The van der Waals surface area contributed by atoms with Crippen molar-refractivity contribution in [2.45, 2.75) is 85.9 Å². The van der Waals surface area contributed by atoms with Gasteiger partial charge in [0, 0.05) is 30.5 Å². The van der Waals surface area contributed by atoms with Gasteiger partial charge in [0.2, 0.25) is 0 Å². The molecule has 6 N–H and O–H groups in total. The Balaban J connectivity index is -0.000000407. The Morgan fingerprint density at radius 2 is 1.40 bits per heavy atom. The summed E-state index contributed by atoms with van der Waals surface area (Å²) >= 11 is 0. The minimum Gasteiger partial charge on any atom is -0.434 e. The highest BCUT2D eigenvalue weighted by atomic mass is 35.5. The third-order valence-corrected chi connectivity index (χ3v) is 5.08. The summed E-state index contributed by atoms with van der Waals surface area (Å²) in [6.45, 7) is 16.4. The van der Waals surface area contributed by atoms with E-state index in [1.165, 1.54) is 19.3 Å². The van der Waals surface area contributed by atoms with E-state index in [0.717, 1.165) is 39.0 Å². The number of cyclic esters (lactones) is 2. The number of unbranched alkanes of at least 4 members (excludes halogenated alkanes) is 1. The van der Waals surface area contributed by atoms with Crippen LogP contribution in [0.3, 0.4) is 0 Å². The van der Waals surface area contributed by atoms with Gasteiger partial charge in [-0.15, -0.1) is 12.4 Å². The van der Waals surface area contributed by atoms with Crippen molar-refractivity contribution in [3.8, 4) is 0 Å². The number of halogens is 1. The van der Waals surface area contributed by atoms with E-state index in [0.29, 0.717) is 25.7 Å². The molecule has 10 heteroatoms. The molecule has 0 aromatic rings. The lowest BCUT2D eigenvalue weighted by molar-refractivity contribution is -0.262. The monoisotopic (exact) mass is 530 g/mol. The van der Waals surface area contributed by atoms with Crippen LogP contribution in [-0.4, -0.2) is 74.9 Å². The van der Waals surface area contributed by atoms with Gasteiger partial charge in [0.25, 0.3) is 0 Å². The predicted octanol–water partition coefficient (Wildman–Crippen LogP) is 3.86. The van der Waals surface area contributed by atoms with E-state index in [4.69, 9.17) is 31.2 Å². The van der Waals surface area contributed by atoms with Gasteiger partial charge < -0.3 is 40.6 Å². The van der Waals surface area contributed by atoms with Crippen molar-refractivity contribution >= 4 is 18.6 Å². The van der Waals surface area contributed by atoms with Gasteiger partial charge >= 0.3 is 6.16 Å². The number of ether oxygens (including phenoxy) is 4. The van der Waals surface area contributed by atoms with Gasteiger partial charge in [-0.2, -0.15) is 0 Å². The standard InChI is InChI=1S/C10H20O2.C6H15NO2.C6H10O3.C3H9N.ClH/c1-4-5-6-9-7-11-10(2,3)12-8-9;7-3-1-2-6(4-8)5-9;1-6(2)3-8-5(7)9-4-6;1-2-3-4;/h9H,4-8H2,1-3H3;6,8-9H,1-5,7H2;3-4H2,1-2H3;2-4H2,1H3;1H. The fourth-order valence-electron chi connectivity index (χ4n) is 2.63. The van der Waals surface area contributed by atoms with E-state index in [-0.39, 0.29) is 42.7 Å². The summed E-state index contributed by atoms with van der Waals surface area (Å²) in [6.07, 6.45) is 6.05.